The number of nitrogens with one attached hydrogen (secondary N) is 1. The Morgan fingerprint density at radius 2 is 2.12 bits per heavy atom. The first-order valence-electron chi connectivity index (χ1n) is 8.94. The number of rotatable bonds is 6. The molecule has 5 heteroatoms. The highest BCUT2D eigenvalue weighted by Crippen LogP contribution is 2.24. The number of carbonyl (C=O) groups excluding carboxylic acids is 1. The minimum absolute atomic E-state index is 0.0660. The number of nitrogens with zero attached hydrogens (tertiary/aromatic N) is 2. The van der Waals surface area contributed by atoms with Crippen molar-refractivity contribution in [3.63, 3.8) is 0 Å². The Bertz CT molecular complexity index is 726. The van der Waals surface area contributed by atoms with Gasteiger partial charge in [0.05, 0.1) is 31.3 Å². The number of likely N-dealkylation sites (N-methyl/N-ethyl adjacent to an activating group) is 1. The first-order valence-corrected chi connectivity index (χ1v) is 8.94. The molecule has 2 aromatic rings. The van der Waals surface area contributed by atoms with Crippen LogP contribution in [-0.4, -0.2) is 54.7 Å². The molecule has 5 nitrogen and oxygen atoms in total. The number of ether oxygens (including phenoxy) is 1. The molecule has 0 radical (unpaired) electrons. The highest BCUT2D eigenvalue weighted by atomic mass is 16.5. The van der Waals surface area contributed by atoms with Crippen LogP contribution in [-0.2, 0) is 16.0 Å². The van der Waals surface area contributed by atoms with Crippen LogP contribution in [0.2, 0.25) is 0 Å². The van der Waals surface area contributed by atoms with Crippen molar-refractivity contribution in [3.8, 4) is 0 Å². The van der Waals surface area contributed by atoms with Crippen LogP contribution in [0.3, 0.4) is 0 Å². The molecule has 1 amide bonds. The molecule has 2 atom stereocenters. The molecule has 1 aliphatic rings. The van der Waals surface area contributed by atoms with Gasteiger partial charge in [-0.15, -0.1) is 0 Å². The summed E-state index contributed by atoms with van der Waals surface area (Å²) >= 11 is 0. The van der Waals surface area contributed by atoms with Crippen molar-refractivity contribution in [3.05, 3.63) is 42.1 Å². The molecule has 134 valence electrons. The molecule has 2 heterocycles. The van der Waals surface area contributed by atoms with Gasteiger partial charge in [0.15, 0.2) is 0 Å². The van der Waals surface area contributed by atoms with Crippen LogP contribution in [0.25, 0.3) is 10.9 Å². The summed E-state index contributed by atoms with van der Waals surface area (Å²) in [7, 11) is 1.97. The van der Waals surface area contributed by atoms with Gasteiger partial charge < -0.3 is 10.1 Å². The third-order valence-corrected chi connectivity index (χ3v) is 5.04. The van der Waals surface area contributed by atoms with E-state index >= 15 is 0 Å². The molecule has 0 saturated carbocycles. The second kappa shape index (κ2) is 7.93. The van der Waals surface area contributed by atoms with Crippen molar-refractivity contribution in [1.82, 2.24) is 15.2 Å². The van der Waals surface area contributed by atoms with Crippen molar-refractivity contribution in [2.45, 2.75) is 32.4 Å². The van der Waals surface area contributed by atoms with E-state index in [1.54, 1.807) is 0 Å². The van der Waals surface area contributed by atoms with Gasteiger partial charge in [-0.1, -0.05) is 18.2 Å². The molecule has 1 fully saturated rings. The number of hydrogen-bond donors (Lipinski definition) is 1. The molecule has 0 bridgehead atoms. The standard InChI is InChI=1S/C20H27N3O2/c1-14(2)23(3)11-20(24)22-19-13-25-12-16(19)10-15-8-9-21-18-7-5-4-6-17(15)18/h4-9,14,16,19H,10-13H2,1-3H3,(H,22,24)/t16-,19+/m1/s1. The first-order chi connectivity index (χ1) is 12.0. The Balaban J connectivity index is 1.66. The van der Waals surface area contributed by atoms with Gasteiger partial charge in [-0.25, -0.2) is 0 Å². The predicted octanol–water partition coefficient (Wildman–Crippen LogP) is 2.25. The van der Waals surface area contributed by atoms with E-state index < -0.39 is 0 Å². The fourth-order valence-corrected chi connectivity index (χ4v) is 3.24. The van der Waals surface area contributed by atoms with Crippen LogP contribution in [0, 0.1) is 5.92 Å². The molecule has 1 aliphatic heterocycles. The zero-order chi connectivity index (χ0) is 17.8. The number of aromatic nitrogens is 1. The number of para-hydroxylation sites is 1. The fourth-order valence-electron chi connectivity index (χ4n) is 3.24. The summed E-state index contributed by atoms with van der Waals surface area (Å²) in [5.41, 5.74) is 2.28. The Labute approximate surface area is 149 Å². The van der Waals surface area contributed by atoms with Gasteiger partial charge in [0, 0.05) is 23.5 Å². The highest BCUT2D eigenvalue weighted by Gasteiger charge is 2.30. The van der Waals surface area contributed by atoms with Crippen LogP contribution in [0.4, 0.5) is 0 Å². The van der Waals surface area contributed by atoms with Gasteiger partial charge in [0.2, 0.25) is 5.91 Å². The maximum absolute atomic E-state index is 12.3. The van der Waals surface area contributed by atoms with E-state index in [0.29, 0.717) is 31.7 Å². The van der Waals surface area contributed by atoms with E-state index in [9.17, 15) is 4.79 Å². The maximum atomic E-state index is 12.3. The Morgan fingerprint density at radius 1 is 1.32 bits per heavy atom. The Morgan fingerprint density at radius 3 is 2.92 bits per heavy atom. The molecule has 25 heavy (non-hydrogen) atoms. The summed E-state index contributed by atoms with van der Waals surface area (Å²) in [4.78, 5) is 18.8. The van der Waals surface area contributed by atoms with E-state index in [-0.39, 0.29) is 11.9 Å². The lowest BCUT2D eigenvalue weighted by Crippen LogP contribution is -2.45. The summed E-state index contributed by atoms with van der Waals surface area (Å²) in [6.07, 6.45) is 2.74. The monoisotopic (exact) mass is 341 g/mol. The molecular formula is C20H27N3O2. The average molecular weight is 341 g/mol. The number of benzene rings is 1. The Hall–Kier alpha value is -1.98. The summed E-state index contributed by atoms with van der Waals surface area (Å²) < 4.78 is 5.66. The van der Waals surface area contributed by atoms with Gasteiger partial charge in [-0.3, -0.25) is 14.7 Å². The summed E-state index contributed by atoms with van der Waals surface area (Å²) in [6.45, 7) is 5.86. The molecule has 0 unspecified atom stereocenters. The molecule has 0 aliphatic carbocycles. The molecule has 3 rings (SSSR count). The number of pyridine rings is 1. The lowest BCUT2D eigenvalue weighted by Gasteiger charge is -2.24. The smallest absolute Gasteiger partial charge is 0.234 e. The van der Waals surface area contributed by atoms with Crippen molar-refractivity contribution in [1.29, 1.82) is 0 Å². The van der Waals surface area contributed by atoms with Crippen molar-refractivity contribution in [2.24, 2.45) is 5.92 Å². The van der Waals surface area contributed by atoms with Crippen LogP contribution >= 0.6 is 0 Å². The predicted molar refractivity (Wildman–Crippen MR) is 99.5 cm³/mol. The molecular weight excluding hydrogens is 314 g/mol. The van der Waals surface area contributed by atoms with E-state index in [0.717, 1.165) is 11.9 Å². The number of carbonyl (C=O) groups is 1. The number of amides is 1. The van der Waals surface area contributed by atoms with Crippen molar-refractivity contribution in [2.75, 3.05) is 26.8 Å². The van der Waals surface area contributed by atoms with Gasteiger partial charge in [0.1, 0.15) is 0 Å². The Kier molecular flexibility index (Phi) is 5.66. The zero-order valence-corrected chi connectivity index (χ0v) is 15.2. The van der Waals surface area contributed by atoms with Gasteiger partial charge in [-0.2, -0.15) is 0 Å². The molecule has 1 aromatic heterocycles. The van der Waals surface area contributed by atoms with Crippen LogP contribution < -0.4 is 5.32 Å². The number of hydrogen-bond acceptors (Lipinski definition) is 4. The van der Waals surface area contributed by atoms with Crippen LogP contribution in [0.1, 0.15) is 19.4 Å². The second-order valence-electron chi connectivity index (χ2n) is 7.17. The second-order valence-corrected chi connectivity index (χ2v) is 7.17. The van der Waals surface area contributed by atoms with E-state index in [2.05, 4.69) is 36.3 Å². The van der Waals surface area contributed by atoms with Gasteiger partial charge in [0.25, 0.3) is 0 Å². The zero-order valence-electron chi connectivity index (χ0n) is 15.2. The van der Waals surface area contributed by atoms with Gasteiger partial charge >= 0.3 is 0 Å². The third kappa shape index (κ3) is 4.35. The lowest BCUT2D eigenvalue weighted by atomic mass is 9.93. The van der Waals surface area contributed by atoms with E-state index in [4.69, 9.17) is 4.74 Å². The fraction of sp³-hybridized carbons (Fsp3) is 0.500. The summed E-state index contributed by atoms with van der Waals surface area (Å²) in [5.74, 6) is 0.357. The minimum atomic E-state index is 0.0660. The molecule has 1 N–H and O–H groups in total. The SMILES string of the molecule is CC(C)N(C)CC(=O)N[C@H]1COC[C@H]1Cc1ccnc2ccccc12. The van der Waals surface area contributed by atoms with Crippen LogP contribution in [0.15, 0.2) is 36.5 Å². The van der Waals surface area contributed by atoms with Crippen molar-refractivity contribution >= 4 is 16.8 Å². The average Bonchev–Trinajstić information content (AvgIpc) is 3.01. The molecule has 1 saturated heterocycles. The third-order valence-electron chi connectivity index (χ3n) is 5.04. The van der Waals surface area contributed by atoms with Crippen LogP contribution in [0.5, 0.6) is 0 Å². The molecule has 0 spiro atoms. The maximum Gasteiger partial charge on any atom is 0.234 e. The minimum Gasteiger partial charge on any atom is -0.379 e. The lowest BCUT2D eigenvalue weighted by molar-refractivity contribution is -0.123. The molecule has 1 aromatic carbocycles. The topological polar surface area (TPSA) is 54.5 Å². The van der Waals surface area contributed by atoms with Gasteiger partial charge in [-0.05, 0) is 45.0 Å². The highest BCUT2D eigenvalue weighted by molar-refractivity contribution is 5.82. The summed E-state index contributed by atoms with van der Waals surface area (Å²) in [5, 5.41) is 4.34. The summed E-state index contributed by atoms with van der Waals surface area (Å²) in [6, 6.07) is 10.7. The van der Waals surface area contributed by atoms with E-state index in [1.807, 2.05) is 36.3 Å². The first kappa shape index (κ1) is 17.8. The largest absolute Gasteiger partial charge is 0.379 e. The normalized spacial score (nSPS) is 20.5. The van der Waals surface area contributed by atoms with Crippen molar-refractivity contribution < 1.29 is 9.53 Å². The quantitative estimate of drug-likeness (QED) is 0.876. The van der Waals surface area contributed by atoms with E-state index in [1.165, 1.54) is 10.9 Å². The number of fused-ring (bicyclic) bond motifs is 1.